The highest BCUT2D eigenvalue weighted by Crippen LogP contribution is 2.30. The van der Waals surface area contributed by atoms with E-state index in [0.717, 1.165) is 23.7 Å². The van der Waals surface area contributed by atoms with Crippen molar-refractivity contribution in [2.24, 2.45) is 5.92 Å². The standard InChI is InChI=1S/C23H32Cl2N4O7S/c1-27(2)13-15-5-8-28(9-6-15)23(33)36-14-19(22(31)32)26-21(30)20-4-3-7-29(20)37(34,35)18-11-16(24)10-17(25)12-18/h10-12,15,19-20H,3-9,13-14H2,1-2H3,(H,26,30)(H,31,32)/t19-,20+/m0/s1. The Kier molecular flexibility index (Phi) is 10.0. The minimum atomic E-state index is -4.13. The van der Waals surface area contributed by atoms with Gasteiger partial charge in [-0.25, -0.2) is 18.0 Å². The lowest BCUT2D eigenvalue weighted by molar-refractivity contribution is -0.143. The van der Waals surface area contributed by atoms with Crippen LogP contribution in [0.3, 0.4) is 0 Å². The molecule has 0 radical (unpaired) electrons. The summed E-state index contributed by atoms with van der Waals surface area (Å²) in [6.07, 6.45) is 1.59. The number of ether oxygens (including phenoxy) is 1. The first-order chi connectivity index (χ1) is 17.4. The largest absolute Gasteiger partial charge is 0.480 e. The number of carboxylic acids is 1. The maximum atomic E-state index is 13.2. The Labute approximate surface area is 226 Å². The number of piperidine rings is 1. The van der Waals surface area contributed by atoms with Gasteiger partial charge in [0.2, 0.25) is 15.9 Å². The van der Waals surface area contributed by atoms with Crippen LogP contribution in [0.2, 0.25) is 10.0 Å². The van der Waals surface area contributed by atoms with Crippen LogP contribution < -0.4 is 5.32 Å². The van der Waals surface area contributed by atoms with Gasteiger partial charge in [-0.05, 0) is 63.9 Å². The lowest BCUT2D eigenvalue weighted by atomic mass is 9.97. The first-order valence-corrected chi connectivity index (χ1v) is 14.2. The van der Waals surface area contributed by atoms with Crippen molar-refractivity contribution in [2.75, 3.05) is 46.9 Å². The Morgan fingerprint density at radius 1 is 1.11 bits per heavy atom. The number of nitrogens with zero attached hydrogens (tertiary/aromatic N) is 3. The number of carbonyl (C=O) groups excluding carboxylic acids is 2. The molecule has 0 aromatic heterocycles. The maximum absolute atomic E-state index is 13.2. The van der Waals surface area contributed by atoms with Gasteiger partial charge in [0.1, 0.15) is 12.6 Å². The number of halogens is 2. The molecular formula is C23H32Cl2N4O7S. The van der Waals surface area contributed by atoms with E-state index in [1.54, 1.807) is 0 Å². The Morgan fingerprint density at radius 3 is 2.30 bits per heavy atom. The fourth-order valence-corrected chi connectivity index (χ4v) is 6.99. The van der Waals surface area contributed by atoms with Gasteiger partial charge in [-0.3, -0.25) is 4.79 Å². The summed E-state index contributed by atoms with van der Waals surface area (Å²) in [7, 11) is -0.137. The van der Waals surface area contributed by atoms with Crippen molar-refractivity contribution in [2.45, 2.75) is 42.7 Å². The molecule has 1 aromatic rings. The highest BCUT2D eigenvalue weighted by molar-refractivity contribution is 7.89. The highest BCUT2D eigenvalue weighted by Gasteiger charge is 2.41. The van der Waals surface area contributed by atoms with Crippen molar-refractivity contribution < 1.29 is 32.6 Å². The molecule has 3 rings (SSSR count). The number of likely N-dealkylation sites (tertiary alicyclic amines) is 1. The number of carbonyl (C=O) groups is 3. The van der Waals surface area contributed by atoms with Gasteiger partial charge in [-0.1, -0.05) is 23.2 Å². The topological polar surface area (TPSA) is 137 Å². The zero-order valence-corrected chi connectivity index (χ0v) is 23.1. The number of sulfonamides is 1. The highest BCUT2D eigenvalue weighted by atomic mass is 35.5. The summed E-state index contributed by atoms with van der Waals surface area (Å²) in [5, 5.41) is 12.2. The molecule has 14 heteroatoms. The van der Waals surface area contributed by atoms with Gasteiger partial charge in [0.05, 0.1) is 4.90 Å². The van der Waals surface area contributed by atoms with Crippen LogP contribution in [0.25, 0.3) is 0 Å². The fourth-order valence-electron chi connectivity index (χ4n) is 4.61. The minimum absolute atomic E-state index is 0.0705. The fraction of sp³-hybridized carbons (Fsp3) is 0.609. The van der Waals surface area contributed by atoms with E-state index in [4.69, 9.17) is 27.9 Å². The molecule has 0 bridgehead atoms. The van der Waals surface area contributed by atoms with E-state index in [-0.39, 0.29) is 27.9 Å². The van der Waals surface area contributed by atoms with Crippen molar-refractivity contribution in [1.82, 2.24) is 19.4 Å². The molecule has 2 amide bonds. The van der Waals surface area contributed by atoms with Crippen LogP contribution in [0.15, 0.2) is 23.1 Å². The van der Waals surface area contributed by atoms with Crippen LogP contribution in [0, 0.1) is 5.92 Å². The summed E-state index contributed by atoms with van der Waals surface area (Å²) in [5.74, 6) is -1.72. The second-order valence-electron chi connectivity index (χ2n) is 9.55. The van der Waals surface area contributed by atoms with Gasteiger partial charge < -0.3 is 25.0 Å². The van der Waals surface area contributed by atoms with Gasteiger partial charge in [-0.15, -0.1) is 0 Å². The molecular weight excluding hydrogens is 547 g/mol. The number of hydrogen-bond acceptors (Lipinski definition) is 7. The zero-order chi connectivity index (χ0) is 27.3. The Bertz CT molecular complexity index is 1090. The van der Waals surface area contributed by atoms with E-state index < -0.39 is 46.7 Å². The van der Waals surface area contributed by atoms with Crippen molar-refractivity contribution >= 4 is 51.2 Å². The molecule has 206 valence electrons. The molecule has 2 N–H and O–H groups in total. The van der Waals surface area contributed by atoms with E-state index in [2.05, 4.69) is 10.2 Å². The Hall–Kier alpha value is -2.12. The molecule has 2 fully saturated rings. The second-order valence-corrected chi connectivity index (χ2v) is 12.3. The maximum Gasteiger partial charge on any atom is 0.409 e. The number of nitrogens with one attached hydrogen (secondary N) is 1. The van der Waals surface area contributed by atoms with Crippen molar-refractivity contribution in [3.63, 3.8) is 0 Å². The first-order valence-electron chi connectivity index (χ1n) is 12.0. The summed E-state index contributed by atoms with van der Waals surface area (Å²) >= 11 is 11.9. The smallest absolute Gasteiger partial charge is 0.409 e. The normalized spacial score (nSPS) is 20.1. The van der Waals surface area contributed by atoms with Crippen LogP contribution in [-0.2, 0) is 24.3 Å². The van der Waals surface area contributed by atoms with Gasteiger partial charge in [0.15, 0.2) is 6.04 Å². The molecule has 0 unspecified atom stereocenters. The van der Waals surface area contributed by atoms with Gasteiger partial charge >= 0.3 is 12.1 Å². The summed E-state index contributed by atoms with van der Waals surface area (Å²) in [4.78, 5) is 40.7. The minimum Gasteiger partial charge on any atom is -0.480 e. The summed E-state index contributed by atoms with van der Waals surface area (Å²) < 4.78 is 32.6. The molecule has 2 aliphatic rings. The molecule has 0 aliphatic carbocycles. The van der Waals surface area contributed by atoms with Crippen molar-refractivity contribution in [1.29, 1.82) is 0 Å². The summed E-state index contributed by atoms with van der Waals surface area (Å²) in [5.41, 5.74) is 0. The molecule has 1 aromatic carbocycles. The Morgan fingerprint density at radius 2 is 1.73 bits per heavy atom. The second kappa shape index (κ2) is 12.6. The van der Waals surface area contributed by atoms with Crippen LogP contribution in [0.4, 0.5) is 4.79 Å². The third kappa shape index (κ3) is 7.70. The van der Waals surface area contributed by atoms with Crippen LogP contribution in [-0.4, -0.2) is 105 Å². The molecule has 11 nitrogen and oxygen atoms in total. The monoisotopic (exact) mass is 578 g/mol. The van der Waals surface area contributed by atoms with Gasteiger partial charge in [-0.2, -0.15) is 4.31 Å². The molecule has 37 heavy (non-hydrogen) atoms. The number of benzene rings is 1. The summed E-state index contributed by atoms with van der Waals surface area (Å²) in [6, 6.07) is 1.20. The predicted octanol–water partition coefficient (Wildman–Crippen LogP) is 2.13. The number of hydrogen-bond donors (Lipinski definition) is 2. The van der Waals surface area contributed by atoms with Crippen LogP contribution >= 0.6 is 23.2 Å². The average Bonchev–Trinajstić information content (AvgIpc) is 3.32. The molecule has 2 atom stereocenters. The molecule has 2 heterocycles. The van der Waals surface area contributed by atoms with Crippen molar-refractivity contribution in [3.8, 4) is 0 Å². The van der Waals surface area contributed by atoms with Crippen LogP contribution in [0.1, 0.15) is 25.7 Å². The van der Waals surface area contributed by atoms with Gasteiger partial charge in [0.25, 0.3) is 0 Å². The lowest BCUT2D eigenvalue weighted by Crippen LogP contribution is -2.52. The van der Waals surface area contributed by atoms with E-state index in [0.29, 0.717) is 25.4 Å². The molecule has 2 saturated heterocycles. The number of rotatable bonds is 9. The van der Waals surface area contributed by atoms with Gasteiger partial charge in [0, 0.05) is 36.2 Å². The lowest BCUT2D eigenvalue weighted by Gasteiger charge is -2.32. The Balaban J connectivity index is 1.59. The average molecular weight is 580 g/mol. The quantitative estimate of drug-likeness (QED) is 0.454. The third-order valence-corrected chi connectivity index (χ3v) is 8.76. The molecule has 2 aliphatic heterocycles. The van der Waals surface area contributed by atoms with E-state index >= 15 is 0 Å². The SMILES string of the molecule is CN(C)CC1CCN(C(=O)OC[C@H](NC(=O)[C@H]2CCCN2S(=O)(=O)c2cc(Cl)cc(Cl)c2)C(=O)O)CC1. The number of carboxylic acid groups (broad SMARTS) is 1. The number of aliphatic carboxylic acids is 1. The first kappa shape index (κ1) is 29.4. The molecule has 0 spiro atoms. The predicted molar refractivity (Wildman–Crippen MR) is 137 cm³/mol. The third-order valence-electron chi connectivity index (χ3n) is 6.43. The van der Waals surface area contributed by atoms with Crippen molar-refractivity contribution in [3.05, 3.63) is 28.2 Å². The zero-order valence-electron chi connectivity index (χ0n) is 20.7. The summed E-state index contributed by atoms with van der Waals surface area (Å²) in [6.45, 7) is 1.42. The van der Waals surface area contributed by atoms with E-state index in [1.165, 1.54) is 23.1 Å². The number of amides is 2. The van der Waals surface area contributed by atoms with E-state index in [9.17, 15) is 27.9 Å². The van der Waals surface area contributed by atoms with E-state index in [1.807, 2.05) is 14.1 Å². The van der Waals surface area contributed by atoms with Crippen LogP contribution in [0.5, 0.6) is 0 Å². The molecule has 0 saturated carbocycles.